The van der Waals surface area contributed by atoms with Crippen molar-refractivity contribution >= 4 is 22.8 Å². The van der Waals surface area contributed by atoms with E-state index in [0.717, 1.165) is 0 Å². The highest BCUT2D eigenvalue weighted by molar-refractivity contribution is 8.00. The quantitative estimate of drug-likeness (QED) is 0.749. The first-order valence-corrected chi connectivity index (χ1v) is 4.42. The number of H-pyrrole nitrogens is 1. The molecule has 74 valence electrons. The van der Waals surface area contributed by atoms with Gasteiger partial charge in [0.2, 0.25) is 0 Å². The van der Waals surface area contributed by atoms with Gasteiger partial charge in [0.25, 0.3) is 0 Å². The van der Waals surface area contributed by atoms with Crippen LogP contribution in [0, 0.1) is 0 Å². The van der Waals surface area contributed by atoms with Gasteiger partial charge in [-0.2, -0.15) is 13.2 Å². The Kier molecular flexibility index (Phi) is 2.10. The Morgan fingerprint density at radius 1 is 1.36 bits per heavy atom. The summed E-state index contributed by atoms with van der Waals surface area (Å²) < 4.78 is 35.9. The standard InChI is InChI=1S/C7H4F3N3S/c8-7(9,10)14-6-12-4-1-2-11-3-5(4)13-6/h1-3H,(H,12,13). The van der Waals surface area contributed by atoms with E-state index in [0.29, 0.717) is 11.0 Å². The number of hydrogen-bond donors (Lipinski definition) is 1. The summed E-state index contributed by atoms with van der Waals surface area (Å²) in [5, 5.41) is -0.166. The van der Waals surface area contributed by atoms with Crippen molar-refractivity contribution in [1.82, 2.24) is 15.0 Å². The molecular weight excluding hydrogens is 215 g/mol. The summed E-state index contributed by atoms with van der Waals surface area (Å²) in [5.74, 6) is 0. The van der Waals surface area contributed by atoms with Crippen molar-refractivity contribution in [3.8, 4) is 0 Å². The van der Waals surface area contributed by atoms with Crippen molar-refractivity contribution in [2.24, 2.45) is 0 Å². The van der Waals surface area contributed by atoms with Crippen LogP contribution in [-0.2, 0) is 0 Å². The molecule has 2 aromatic rings. The van der Waals surface area contributed by atoms with E-state index in [2.05, 4.69) is 15.0 Å². The minimum Gasteiger partial charge on any atom is -0.331 e. The molecule has 7 heteroatoms. The van der Waals surface area contributed by atoms with Gasteiger partial charge in [0.15, 0.2) is 5.16 Å². The zero-order valence-corrected chi connectivity index (χ0v) is 7.49. The smallest absolute Gasteiger partial charge is 0.331 e. The first-order chi connectivity index (χ1) is 6.54. The molecule has 0 saturated heterocycles. The van der Waals surface area contributed by atoms with Crippen molar-refractivity contribution in [2.75, 3.05) is 0 Å². The van der Waals surface area contributed by atoms with Gasteiger partial charge in [-0.1, -0.05) is 0 Å². The molecule has 0 aliphatic heterocycles. The molecular formula is C7H4F3N3S. The number of aromatic amines is 1. The van der Waals surface area contributed by atoms with Crippen LogP contribution >= 0.6 is 11.8 Å². The number of imidazole rings is 1. The SMILES string of the molecule is FC(F)(F)Sc1nc2ccncc2[nH]1. The van der Waals surface area contributed by atoms with Gasteiger partial charge >= 0.3 is 5.51 Å². The summed E-state index contributed by atoms with van der Waals surface area (Å²) in [6.45, 7) is 0. The number of rotatable bonds is 1. The van der Waals surface area contributed by atoms with Crippen molar-refractivity contribution in [1.29, 1.82) is 0 Å². The second kappa shape index (κ2) is 3.16. The number of alkyl halides is 3. The normalized spacial score (nSPS) is 12.2. The second-order valence-electron chi connectivity index (χ2n) is 2.48. The molecule has 0 spiro atoms. The second-order valence-corrected chi connectivity index (χ2v) is 3.54. The number of nitrogens with one attached hydrogen (secondary N) is 1. The minimum absolute atomic E-state index is 0.166. The summed E-state index contributed by atoms with van der Waals surface area (Å²) in [4.78, 5) is 10.0. The van der Waals surface area contributed by atoms with E-state index in [4.69, 9.17) is 0 Å². The molecule has 1 N–H and O–H groups in total. The molecule has 2 heterocycles. The molecule has 0 aliphatic carbocycles. The summed E-state index contributed by atoms with van der Waals surface area (Å²) in [6.07, 6.45) is 2.91. The number of hydrogen-bond acceptors (Lipinski definition) is 3. The number of aromatic nitrogens is 3. The van der Waals surface area contributed by atoms with Crippen molar-refractivity contribution in [2.45, 2.75) is 10.7 Å². The first kappa shape index (κ1) is 9.32. The van der Waals surface area contributed by atoms with Gasteiger partial charge in [-0.15, -0.1) is 0 Å². The third-order valence-electron chi connectivity index (χ3n) is 1.47. The highest BCUT2D eigenvalue weighted by atomic mass is 32.2. The summed E-state index contributed by atoms with van der Waals surface area (Å²) in [5.41, 5.74) is -3.34. The van der Waals surface area contributed by atoms with Crippen molar-refractivity contribution < 1.29 is 13.2 Å². The average molecular weight is 219 g/mol. The largest absolute Gasteiger partial charge is 0.449 e. The van der Waals surface area contributed by atoms with Crippen LogP contribution in [0.3, 0.4) is 0 Å². The zero-order chi connectivity index (χ0) is 10.2. The van der Waals surface area contributed by atoms with Gasteiger partial charge in [-0.25, -0.2) is 4.98 Å². The minimum atomic E-state index is -4.32. The zero-order valence-electron chi connectivity index (χ0n) is 6.67. The van der Waals surface area contributed by atoms with Gasteiger partial charge in [0.1, 0.15) is 0 Å². The van der Waals surface area contributed by atoms with Crippen molar-refractivity contribution in [3.05, 3.63) is 18.5 Å². The molecule has 2 rings (SSSR count). The van der Waals surface area contributed by atoms with Crippen LogP contribution in [0.15, 0.2) is 23.6 Å². The van der Waals surface area contributed by atoms with E-state index in [1.165, 1.54) is 12.4 Å². The number of thioether (sulfide) groups is 1. The molecule has 0 atom stereocenters. The van der Waals surface area contributed by atoms with E-state index in [9.17, 15) is 13.2 Å². The summed E-state index contributed by atoms with van der Waals surface area (Å²) in [6, 6.07) is 1.55. The lowest BCUT2D eigenvalue weighted by Crippen LogP contribution is -1.99. The predicted octanol–water partition coefficient (Wildman–Crippen LogP) is 2.57. The Morgan fingerprint density at radius 2 is 2.14 bits per heavy atom. The van der Waals surface area contributed by atoms with Gasteiger partial charge in [-0.3, -0.25) is 4.98 Å². The van der Waals surface area contributed by atoms with Gasteiger partial charge in [-0.05, 0) is 6.07 Å². The molecule has 0 amide bonds. The number of fused-ring (bicyclic) bond motifs is 1. The lowest BCUT2D eigenvalue weighted by molar-refractivity contribution is -0.0330. The van der Waals surface area contributed by atoms with Crippen LogP contribution in [0.2, 0.25) is 0 Å². The fourth-order valence-electron chi connectivity index (χ4n) is 0.991. The monoisotopic (exact) mass is 219 g/mol. The molecule has 0 aromatic carbocycles. The molecule has 3 nitrogen and oxygen atoms in total. The molecule has 0 fully saturated rings. The van der Waals surface area contributed by atoms with Crippen LogP contribution in [0.5, 0.6) is 0 Å². The number of nitrogens with zero attached hydrogens (tertiary/aromatic N) is 2. The Hall–Kier alpha value is -1.24. The van der Waals surface area contributed by atoms with Crippen LogP contribution in [0.25, 0.3) is 11.0 Å². The maximum Gasteiger partial charge on any atom is 0.449 e. The molecule has 0 saturated carbocycles. The maximum absolute atomic E-state index is 12.0. The van der Waals surface area contributed by atoms with Gasteiger partial charge in [0, 0.05) is 18.0 Å². The maximum atomic E-state index is 12.0. The first-order valence-electron chi connectivity index (χ1n) is 3.60. The highest BCUT2D eigenvalue weighted by Gasteiger charge is 2.31. The fraction of sp³-hybridized carbons (Fsp3) is 0.143. The van der Waals surface area contributed by atoms with Gasteiger partial charge in [0.05, 0.1) is 17.2 Å². The van der Waals surface area contributed by atoms with E-state index in [1.54, 1.807) is 6.07 Å². The Balaban J connectivity index is 2.36. The average Bonchev–Trinajstić information content (AvgIpc) is 2.42. The third kappa shape index (κ3) is 1.98. The van der Waals surface area contributed by atoms with Crippen LogP contribution in [-0.4, -0.2) is 20.5 Å². The Bertz CT molecular complexity index is 418. The number of pyridine rings is 1. The third-order valence-corrected chi connectivity index (χ3v) is 2.09. The lowest BCUT2D eigenvalue weighted by atomic mass is 10.4. The van der Waals surface area contributed by atoms with Crippen LogP contribution in [0.1, 0.15) is 0 Å². The number of halogens is 3. The topological polar surface area (TPSA) is 41.6 Å². The van der Waals surface area contributed by atoms with E-state index in [-0.39, 0.29) is 16.9 Å². The molecule has 0 radical (unpaired) electrons. The van der Waals surface area contributed by atoms with Crippen molar-refractivity contribution in [3.63, 3.8) is 0 Å². The molecule has 0 bridgehead atoms. The Morgan fingerprint density at radius 3 is 2.79 bits per heavy atom. The highest BCUT2D eigenvalue weighted by Crippen LogP contribution is 2.35. The molecule has 2 aromatic heterocycles. The molecule has 0 aliphatic rings. The lowest BCUT2D eigenvalue weighted by Gasteiger charge is -2.00. The summed E-state index contributed by atoms with van der Waals surface area (Å²) in [7, 11) is 0. The van der Waals surface area contributed by atoms with E-state index >= 15 is 0 Å². The molecule has 0 unspecified atom stereocenters. The fourth-order valence-corrected chi connectivity index (χ4v) is 1.52. The van der Waals surface area contributed by atoms with Gasteiger partial charge < -0.3 is 4.98 Å². The predicted molar refractivity (Wildman–Crippen MR) is 45.8 cm³/mol. The summed E-state index contributed by atoms with van der Waals surface area (Å²) >= 11 is -0.268. The molecule has 14 heavy (non-hydrogen) atoms. The van der Waals surface area contributed by atoms with Crippen LogP contribution < -0.4 is 0 Å². The van der Waals surface area contributed by atoms with E-state index < -0.39 is 5.51 Å². The van der Waals surface area contributed by atoms with E-state index in [1.807, 2.05) is 0 Å². The Labute approximate surface area is 80.7 Å². The van der Waals surface area contributed by atoms with Crippen LogP contribution in [0.4, 0.5) is 13.2 Å².